The van der Waals surface area contributed by atoms with E-state index in [1.54, 1.807) is 0 Å². The van der Waals surface area contributed by atoms with E-state index in [1.807, 2.05) is 36.4 Å². The lowest BCUT2D eigenvalue weighted by Crippen LogP contribution is -2.00. The first kappa shape index (κ1) is 17.4. The van der Waals surface area contributed by atoms with Gasteiger partial charge in [-0.1, -0.05) is 54.9 Å². The van der Waals surface area contributed by atoms with Gasteiger partial charge in [0, 0.05) is 17.3 Å². The molecule has 3 aromatic carbocycles. The normalized spacial score (nSPS) is 10.5. The number of aryl methyl sites for hydroxylation is 1. The van der Waals surface area contributed by atoms with Crippen molar-refractivity contribution in [2.75, 3.05) is 5.32 Å². The molecule has 0 atom stereocenters. The van der Waals surface area contributed by atoms with E-state index < -0.39 is 0 Å². The minimum absolute atomic E-state index is 0.510. The maximum Gasteiger partial charge on any atom is 0.120 e. The second kappa shape index (κ2) is 8.59. The summed E-state index contributed by atoms with van der Waals surface area (Å²) < 4.78 is 5.88. The van der Waals surface area contributed by atoms with Crippen molar-refractivity contribution in [2.45, 2.75) is 26.5 Å². The number of halogens is 1. The van der Waals surface area contributed by atoms with Crippen LogP contribution in [0, 0.1) is 0 Å². The smallest absolute Gasteiger partial charge is 0.120 e. The zero-order valence-electron chi connectivity index (χ0n) is 14.3. The van der Waals surface area contributed by atoms with Crippen LogP contribution in [0.2, 0.25) is 5.02 Å². The van der Waals surface area contributed by atoms with Crippen molar-refractivity contribution in [3.05, 3.63) is 94.5 Å². The van der Waals surface area contributed by atoms with Crippen LogP contribution in [0.25, 0.3) is 0 Å². The van der Waals surface area contributed by atoms with Gasteiger partial charge in [-0.3, -0.25) is 0 Å². The highest BCUT2D eigenvalue weighted by Gasteiger charge is 2.00. The molecule has 2 nitrogen and oxygen atoms in total. The lowest BCUT2D eigenvalue weighted by atomic mass is 10.1. The van der Waals surface area contributed by atoms with Gasteiger partial charge >= 0.3 is 0 Å². The number of nitrogens with one attached hydrogen (secondary N) is 1. The molecule has 0 fully saturated rings. The molecule has 0 saturated carbocycles. The Hall–Kier alpha value is -2.45. The predicted molar refractivity (Wildman–Crippen MR) is 105 cm³/mol. The van der Waals surface area contributed by atoms with Gasteiger partial charge in [-0.25, -0.2) is 0 Å². The summed E-state index contributed by atoms with van der Waals surface area (Å²) in [5.74, 6) is 0.862. The highest BCUT2D eigenvalue weighted by Crippen LogP contribution is 2.18. The Balaban J connectivity index is 1.57. The molecular formula is C22H22ClNO. The van der Waals surface area contributed by atoms with Gasteiger partial charge in [-0.05, 0) is 59.5 Å². The van der Waals surface area contributed by atoms with Crippen LogP contribution < -0.4 is 10.1 Å². The van der Waals surface area contributed by atoms with Gasteiger partial charge in [0.05, 0.1) is 0 Å². The summed E-state index contributed by atoms with van der Waals surface area (Å²) in [5.41, 5.74) is 4.72. The molecule has 1 N–H and O–H groups in total. The molecule has 0 unspecified atom stereocenters. The molecule has 0 heterocycles. The number of benzene rings is 3. The van der Waals surface area contributed by atoms with Crippen LogP contribution in [0.1, 0.15) is 23.6 Å². The Morgan fingerprint density at radius 2 is 1.60 bits per heavy atom. The van der Waals surface area contributed by atoms with Gasteiger partial charge in [-0.15, -0.1) is 0 Å². The Labute approximate surface area is 154 Å². The standard InChI is InChI=1S/C22H22ClNO/c1-2-17-9-11-21(12-10-17)24-15-18-5-4-8-22(14-18)25-16-19-6-3-7-20(23)13-19/h3-14,24H,2,15-16H2,1H3. The Kier molecular flexibility index (Phi) is 5.97. The molecule has 0 amide bonds. The van der Waals surface area contributed by atoms with Crippen molar-refractivity contribution < 1.29 is 4.74 Å². The highest BCUT2D eigenvalue weighted by atomic mass is 35.5. The number of hydrogen-bond donors (Lipinski definition) is 1. The largest absolute Gasteiger partial charge is 0.489 e. The molecule has 0 radical (unpaired) electrons. The van der Waals surface area contributed by atoms with E-state index in [1.165, 1.54) is 11.1 Å². The van der Waals surface area contributed by atoms with Crippen LogP contribution in [0.4, 0.5) is 5.69 Å². The summed E-state index contributed by atoms with van der Waals surface area (Å²) in [4.78, 5) is 0. The molecule has 128 valence electrons. The fourth-order valence-corrected chi connectivity index (χ4v) is 2.81. The second-order valence-electron chi connectivity index (χ2n) is 5.97. The lowest BCUT2D eigenvalue weighted by Gasteiger charge is -2.10. The highest BCUT2D eigenvalue weighted by molar-refractivity contribution is 6.30. The van der Waals surface area contributed by atoms with Gasteiger partial charge in [0.1, 0.15) is 12.4 Å². The molecule has 0 spiro atoms. The van der Waals surface area contributed by atoms with Crippen molar-refractivity contribution in [2.24, 2.45) is 0 Å². The summed E-state index contributed by atoms with van der Waals surface area (Å²) in [6, 6.07) is 24.5. The average Bonchev–Trinajstić information content (AvgIpc) is 2.65. The van der Waals surface area contributed by atoms with E-state index in [-0.39, 0.29) is 0 Å². The van der Waals surface area contributed by atoms with E-state index >= 15 is 0 Å². The van der Waals surface area contributed by atoms with Crippen LogP contribution in [0.15, 0.2) is 72.8 Å². The van der Waals surface area contributed by atoms with Crippen LogP contribution in [-0.2, 0) is 19.6 Å². The second-order valence-corrected chi connectivity index (χ2v) is 6.41. The number of anilines is 1. The minimum atomic E-state index is 0.510. The Morgan fingerprint density at radius 3 is 2.36 bits per heavy atom. The van der Waals surface area contributed by atoms with E-state index in [4.69, 9.17) is 16.3 Å². The van der Waals surface area contributed by atoms with Crippen molar-refractivity contribution in [3.8, 4) is 5.75 Å². The zero-order valence-corrected chi connectivity index (χ0v) is 15.1. The van der Waals surface area contributed by atoms with Crippen molar-refractivity contribution >= 4 is 17.3 Å². The molecule has 0 aromatic heterocycles. The van der Waals surface area contributed by atoms with Crippen LogP contribution in [-0.4, -0.2) is 0 Å². The Bertz CT molecular complexity index is 814. The molecule has 0 aliphatic rings. The van der Waals surface area contributed by atoms with Gasteiger partial charge in [0.2, 0.25) is 0 Å². The summed E-state index contributed by atoms with van der Waals surface area (Å²) in [6.45, 7) is 3.44. The van der Waals surface area contributed by atoms with Crippen LogP contribution >= 0.6 is 11.6 Å². The zero-order chi connectivity index (χ0) is 17.5. The first-order valence-electron chi connectivity index (χ1n) is 8.52. The maximum absolute atomic E-state index is 6.01. The van der Waals surface area contributed by atoms with Crippen LogP contribution in [0.3, 0.4) is 0 Å². The van der Waals surface area contributed by atoms with E-state index in [2.05, 4.69) is 48.6 Å². The molecule has 3 rings (SSSR count). The van der Waals surface area contributed by atoms with Gasteiger partial charge in [0.25, 0.3) is 0 Å². The number of hydrogen-bond acceptors (Lipinski definition) is 2. The topological polar surface area (TPSA) is 21.3 Å². The summed E-state index contributed by atoms with van der Waals surface area (Å²) >= 11 is 6.01. The predicted octanol–water partition coefficient (Wildman–Crippen LogP) is 6.09. The van der Waals surface area contributed by atoms with E-state index in [9.17, 15) is 0 Å². The SMILES string of the molecule is CCc1ccc(NCc2cccc(OCc3cccc(Cl)c3)c2)cc1. The Morgan fingerprint density at radius 1 is 0.840 bits per heavy atom. The summed E-state index contributed by atoms with van der Waals surface area (Å²) in [7, 11) is 0. The maximum atomic E-state index is 6.01. The minimum Gasteiger partial charge on any atom is -0.489 e. The molecule has 3 heteroatoms. The summed E-state index contributed by atoms with van der Waals surface area (Å²) in [6.07, 6.45) is 1.06. The summed E-state index contributed by atoms with van der Waals surface area (Å²) in [5, 5.41) is 4.18. The van der Waals surface area contributed by atoms with E-state index in [0.29, 0.717) is 6.61 Å². The van der Waals surface area contributed by atoms with Gasteiger partial charge in [0.15, 0.2) is 0 Å². The number of rotatable bonds is 7. The van der Waals surface area contributed by atoms with Gasteiger partial charge < -0.3 is 10.1 Å². The van der Waals surface area contributed by atoms with Crippen molar-refractivity contribution in [1.29, 1.82) is 0 Å². The first-order valence-corrected chi connectivity index (χ1v) is 8.90. The van der Waals surface area contributed by atoms with E-state index in [0.717, 1.165) is 35.0 Å². The monoisotopic (exact) mass is 351 g/mol. The van der Waals surface area contributed by atoms with Crippen LogP contribution in [0.5, 0.6) is 5.75 Å². The van der Waals surface area contributed by atoms with Gasteiger partial charge in [-0.2, -0.15) is 0 Å². The third kappa shape index (κ3) is 5.27. The lowest BCUT2D eigenvalue weighted by molar-refractivity contribution is 0.306. The molecule has 0 saturated heterocycles. The fraction of sp³-hybridized carbons (Fsp3) is 0.182. The first-order chi connectivity index (χ1) is 12.2. The molecule has 0 aliphatic carbocycles. The quantitative estimate of drug-likeness (QED) is 0.555. The van der Waals surface area contributed by atoms with Crippen molar-refractivity contribution in [3.63, 3.8) is 0 Å². The number of ether oxygens (including phenoxy) is 1. The molecule has 0 aliphatic heterocycles. The fourth-order valence-electron chi connectivity index (χ4n) is 2.60. The third-order valence-electron chi connectivity index (χ3n) is 4.05. The third-order valence-corrected chi connectivity index (χ3v) is 4.29. The molecule has 0 bridgehead atoms. The molecule has 25 heavy (non-hydrogen) atoms. The molecular weight excluding hydrogens is 330 g/mol. The molecule has 3 aromatic rings. The average molecular weight is 352 g/mol. The van der Waals surface area contributed by atoms with Crippen molar-refractivity contribution in [1.82, 2.24) is 0 Å².